The third kappa shape index (κ3) is 2.89. The molecule has 0 aromatic heterocycles. The zero-order valence-electron chi connectivity index (χ0n) is 8.02. The van der Waals surface area contributed by atoms with Crippen LogP contribution in [0.3, 0.4) is 0 Å². The fourth-order valence-electron chi connectivity index (χ4n) is 1.09. The molecule has 0 aliphatic carbocycles. The zero-order chi connectivity index (χ0) is 11.4. The average Bonchev–Trinajstić information content (AvgIpc) is 2.22. The van der Waals surface area contributed by atoms with Crippen molar-refractivity contribution >= 4 is 17.6 Å². The number of carbonyl (C=O) groups excluding carboxylic acids is 1. The minimum atomic E-state index is -0.655. The summed E-state index contributed by atoms with van der Waals surface area (Å²) in [6.07, 6.45) is -0.290. The number of ether oxygens (including phenoxy) is 1. The third-order valence-corrected chi connectivity index (χ3v) is 2.21. The van der Waals surface area contributed by atoms with Crippen LogP contribution in [0.2, 0.25) is 0 Å². The van der Waals surface area contributed by atoms with E-state index in [1.54, 1.807) is 0 Å². The first-order valence-corrected chi connectivity index (χ1v) is 4.71. The second kappa shape index (κ2) is 5.07. The van der Waals surface area contributed by atoms with Crippen molar-refractivity contribution in [3.8, 4) is 0 Å². The summed E-state index contributed by atoms with van der Waals surface area (Å²) in [7, 11) is 1.18. The van der Waals surface area contributed by atoms with Gasteiger partial charge in [0.05, 0.1) is 19.4 Å². The van der Waals surface area contributed by atoms with E-state index in [2.05, 4.69) is 4.74 Å². The molecule has 2 nitrogen and oxygen atoms in total. The van der Waals surface area contributed by atoms with E-state index in [0.29, 0.717) is 0 Å². The lowest BCUT2D eigenvalue weighted by molar-refractivity contribution is -0.139. The molecule has 0 heterocycles. The molecule has 0 unspecified atom stereocenters. The minimum absolute atomic E-state index is 0.0341. The highest BCUT2D eigenvalue weighted by Crippen LogP contribution is 2.17. The molecular formula is C10H9ClF2O2. The van der Waals surface area contributed by atoms with Gasteiger partial charge < -0.3 is 4.74 Å². The minimum Gasteiger partial charge on any atom is -0.469 e. The van der Waals surface area contributed by atoms with Gasteiger partial charge in [0.15, 0.2) is 0 Å². The van der Waals surface area contributed by atoms with E-state index in [1.165, 1.54) is 7.11 Å². The Labute approximate surface area is 90.8 Å². The number of hydrogen-bond donors (Lipinski definition) is 0. The highest BCUT2D eigenvalue weighted by atomic mass is 35.5. The molecular weight excluding hydrogens is 226 g/mol. The lowest BCUT2D eigenvalue weighted by atomic mass is 10.1. The van der Waals surface area contributed by atoms with Crippen LogP contribution < -0.4 is 0 Å². The van der Waals surface area contributed by atoms with Crippen molar-refractivity contribution in [3.05, 3.63) is 34.9 Å². The normalized spacial score (nSPS) is 10.1. The van der Waals surface area contributed by atoms with Gasteiger partial charge in [0.1, 0.15) is 11.6 Å². The van der Waals surface area contributed by atoms with Crippen LogP contribution >= 0.6 is 11.6 Å². The Morgan fingerprint density at radius 1 is 1.33 bits per heavy atom. The van der Waals surface area contributed by atoms with Gasteiger partial charge in [-0.15, -0.1) is 11.6 Å². The van der Waals surface area contributed by atoms with Crippen molar-refractivity contribution in [3.63, 3.8) is 0 Å². The molecule has 0 radical (unpaired) electrons. The Morgan fingerprint density at radius 3 is 2.40 bits per heavy atom. The fraction of sp³-hybridized carbons (Fsp3) is 0.300. The van der Waals surface area contributed by atoms with Crippen molar-refractivity contribution < 1.29 is 18.3 Å². The number of carbonyl (C=O) groups is 1. The van der Waals surface area contributed by atoms with Gasteiger partial charge in [-0.25, -0.2) is 8.78 Å². The Kier molecular flexibility index (Phi) is 4.03. The van der Waals surface area contributed by atoms with E-state index in [4.69, 9.17) is 11.6 Å². The van der Waals surface area contributed by atoms with Crippen molar-refractivity contribution in [2.75, 3.05) is 7.11 Å². The summed E-state index contributed by atoms with van der Waals surface area (Å²) in [4.78, 5) is 10.9. The number of hydrogen-bond acceptors (Lipinski definition) is 2. The van der Waals surface area contributed by atoms with E-state index in [1.807, 2.05) is 0 Å². The largest absolute Gasteiger partial charge is 0.469 e. The number of benzene rings is 1. The van der Waals surface area contributed by atoms with Gasteiger partial charge in [-0.05, 0) is 12.1 Å². The predicted molar refractivity (Wildman–Crippen MR) is 51.6 cm³/mol. The van der Waals surface area contributed by atoms with Crippen LogP contribution in [-0.2, 0) is 21.8 Å². The molecule has 5 heteroatoms. The fourth-order valence-corrected chi connectivity index (χ4v) is 1.30. The van der Waals surface area contributed by atoms with Crippen LogP contribution in [0, 0.1) is 11.6 Å². The van der Waals surface area contributed by atoms with Gasteiger partial charge in [0.25, 0.3) is 0 Å². The van der Waals surface area contributed by atoms with Crippen molar-refractivity contribution in [2.45, 2.75) is 12.3 Å². The number of methoxy groups -OCH3 is 1. The summed E-state index contributed by atoms with van der Waals surface area (Å²) < 4.78 is 30.8. The van der Waals surface area contributed by atoms with Crippen LogP contribution in [0.5, 0.6) is 0 Å². The molecule has 0 N–H and O–H groups in total. The van der Waals surface area contributed by atoms with Crippen molar-refractivity contribution in [1.82, 2.24) is 0 Å². The van der Waals surface area contributed by atoms with Gasteiger partial charge in [0, 0.05) is 11.1 Å². The van der Waals surface area contributed by atoms with Crippen LogP contribution in [0.15, 0.2) is 12.1 Å². The molecule has 1 aromatic rings. The molecule has 1 aromatic carbocycles. The number of rotatable bonds is 3. The zero-order valence-corrected chi connectivity index (χ0v) is 8.78. The number of esters is 1. The molecule has 0 amide bonds. The summed E-state index contributed by atoms with van der Waals surface area (Å²) >= 11 is 5.39. The van der Waals surface area contributed by atoms with Gasteiger partial charge in [-0.3, -0.25) is 4.79 Å². The smallest absolute Gasteiger partial charge is 0.310 e. The Hall–Kier alpha value is -1.16. The van der Waals surface area contributed by atoms with Crippen molar-refractivity contribution in [1.29, 1.82) is 0 Å². The van der Waals surface area contributed by atoms with E-state index in [9.17, 15) is 13.6 Å². The Bertz CT molecular complexity index is 380. The third-order valence-electron chi connectivity index (χ3n) is 1.92. The summed E-state index contributed by atoms with van der Waals surface area (Å²) in [5, 5.41) is 0. The summed E-state index contributed by atoms with van der Waals surface area (Å²) in [5.74, 6) is -2.00. The first-order chi connectivity index (χ1) is 7.08. The highest BCUT2D eigenvalue weighted by molar-refractivity contribution is 6.17. The molecule has 0 saturated carbocycles. The monoisotopic (exact) mass is 234 g/mol. The van der Waals surface area contributed by atoms with E-state index in [0.717, 1.165) is 12.1 Å². The van der Waals surface area contributed by atoms with E-state index >= 15 is 0 Å². The topological polar surface area (TPSA) is 26.3 Å². The predicted octanol–water partition coefficient (Wildman–Crippen LogP) is 2.42. The second-order valence-corrected chi connectivity index (χ2v) is 3.19. The summed E-state index contributed by atoms with van der Waals surface area (Å²) in [6, 6.07) is 1.95. The number of alkyl halides is 1. The van der Waals surface area contributed by atoms with Crippen LogP contribution in [0.25, 0.3) is 0 Å². The van der Waals surface area contributed by atoms with Gasteiger partial charge in [-0.2, -0.15) is 0 Å². The lowest BCUT2D eigenvalue weighted by Crippen LogP contribution is -2.07. The van der Waals surface area contributed by atoms with Crippen LogP contribution in [-0.4, -0.2) is 13.1 Å². The maximum atomic E-state index is 13.3. The van der Waals surface area contributed by atoms with Crippen molar-refractivity contribution in [2.24, 2.45) is 0 Å². The van der Waals surface area contributed by atoms with Crippen LogP contribution in [0.4, 0.5) is 8.78 Å². The first kappa shape index (κ1) is 11.9. The molecule has 15 heavy (non-hydrogen) atoms. The Morgan fingerprint density at radius 2 is 1.87 bits per heavy atom. The molecule has 0 atom stereocenters. The summed E-state index contributed by atoms with van der Waals surface area (Å²) in [6.45, 7) is 0. The molecule has 0 bridgehead atoms. The Balaban J connectivity index is 3.00. The summed E-state index contributed by atoms with van der Waals surface area (Å²) in [5.41, 5.74) is 0.0380. The molecule has 0 spiro atoms. The highest BCUT2D eigenvalue weighted by Gasteiger charge is 2.12. The van der Waals surface area contributed by atoms with Gasteiger partial charge >= 0.3 is 5.97 Å². The SMILES string of the molecule is COC(=O)Cc1cc(F)c(CCl)cc1F. The van der Waals surface area contributed by atoms with E-state index in [-0.39, 0.29) is 23.4 Å². The number of halogens is 3. The second-order valence-electron chi connectivity index (χ2n) is 2.92. The average molecular weight is 235 g/mol. The molecule has 82 valence electrons. The van der Waals surface area contributed by atoms with Gasteiger partial charge in [-0.1, -0.05) is 0 Å². The molecule has 0 aliphatic rings. The van der Waals surface area contributed by atoms with Gasteiger partial charge in [0.2, 0.25) is 0 Å². The lowest BCUT2D eigenvalue weighted by Gasteiger charge is -2.05. The maximum Gasteiger partial charge on any atom is 0.310 e. The molecule has 1 rings (SSSR count). The van der Waals surface area contributed by atoms with Crippen LogP contribution in [0.1, 0.15) is 11.1 Å². The molecule has 0 fully saturated rings. The quantitative estimate of drug-likeness (QED) is 0.593. The van der Waals surface area contributed by atoms with E-state index < -0.39 is 17.6 Å². The first-order valence-electron chi connectivity index (χ1n) is 4.18. The molecule has 0 saturated heterocycles. The molecule has 0 aliphatic heterocycles. The maximum absolute atomic E-state index is 13.3. The standard InChI is InChI=1S/C10H9ClF2O2/c1-15-10(14)4-6-2-9(13)7(5-11)3-8(6)12/h2-3H,4-5H2,1H3.